The number of carbonyl (C=O) groups is 3. The van der Waals surface area contributed by atoms with Crippen molar-refractivity contribution in [3.8, 4) is 0 Å². The lowest BCUT2D eigenvalue weighted by Gasteiger charge is -2.09. The molecule has 0 radical (unpaired) electrons. The molecular weight excluding hydrogens is 1460 g/mol. The molecule has 107 heavy (non-hydrogen) atoms. The quantitative estimate of drug-likeness (QED) is 0.0585. The number of nitrogens with zero attached hydrogens (tertiary/aromatic N) is 3. The molecule has 36 nitrogen and oxygen atoms in total. The predicted octanol–water partition coefficient (Wildman–Crippen LogP) is 0.345. The van der Waals surface area contributed by atoms with Crippen LogP contribution in [-0.4, -0.2) is 420 Å². The third-order valence-electron chi connectivity index (χ3n) is 13.3. The first-order chi connectivity index (χ1) is 52.9. The fourth-order valence-corrected chi connectivity index (χ4v) is 9.86. The van der Waals surface area contributed by atoms with Gasteiger partial charge in [-0.1, -0.05) is 26.8 Å². The number of hydrogen-bond donors (Lipinski definition) is 3. The van der Waals surface area contributed by atoms with Crippen molar-refractivity contribution in [1.29, 1.82) is 0 Å². The van der Waals surface area contributed by atoms with Crippen LogP contribution in [0.25, 0.3) is 0 Å². The van der Waals surface area contributed by atoms with Crippen LogP contribution < -0.4 is 16.4 Å². The number of ketones is 1. The molecule has 1 aromatic heterocycles. The van der Waals surface area contributed by atoms with Crippen molar-refractivity contribution < 1.29 is 142 Å². The number of aryl methyl sites for hydroxylation is 1. The fourth-order valence-electron chi connectivity index (χ4n) is 7.66. The molecule has 0 bridgehead atoms. The maximum Gasteiger partial charge on any atom is 0.222 e. The highest BCUT2D eigenvalue weighted by molar-refractivity contribution is 8.76. The number of carbonyl (C=O) groups excluding carboxylic acids is 3. The summed E-state index contributed by atoms with van der Waals surface area (Å²) >= 11 is 0. The van der Waals surface area contributed by atoms with Crippen LogP contribution in [0, 0.1) is 6.92 Å². The molecule has 0 aliphatic rings. The van der Waals surface area contributed by atoms with Crippen molar-refractivity contribution in [1.82, 2.24) is 25.6 Å². The summed E-state index contributed by atoms with van der Waals surface area (Å²) in [5.41, 5.74) is 6.56. The zero-order valence-corrected chi connectivity index (χ0v) is 65.9. The van der Waals surface area contributed by atoms with Gasteiger partial charge in [-0.05, 0) is 13.8 Å². The first kappa shape index (κ1) is 102. The Balaban J connectivity index is 1.60. The Labute approximate surface area is 642 Å². The van der Waals surface area contributed by atoms with Crippen LogP contribution >= 0.6 is 21.6 Å². The summed E-state index contributed by atoms with van der Waals surface area (Å²) in [7, 11) is 3.04. The molecular formula is C69H134N6O30S2. The zero-order chi connectivity index (χ0) is 76.6. The monoisotopic (exact) mass is 1590 g/mol. The molecule has 1 aromatic rings. The first-order valence-corrected chi connectivity index (χ1v) is 39.9. The Kier molecular flexibility index (Phi) is 85.0. The van der Waals surface area contributed by atoms with E-state index in [4.69, 9.17) is 134 Å². The summed E-state index contributed by atoms with van der Waals surface area (Å²) in [5, 5.41) is 13.5. The highest BCUT2D eigenvalue weighted by Crippen LogP contribution is 2.22. The SMILES string of the molecule is CC(=O)[C@@H](N)CSSCCC(=O)NCCOCCOCCOCCOCCOCCOCCOCCOCCOCCOCCOCCOCCOCCOCCOCCOCCOCCOCCOCCOCCOCCOCCOCCOCCC(=O)NCCOCCOCCOCCn1cc(C)nn1. The highest BCUT2D eigenvalue weighted by atomic mass is 33.1. The number of amides is 2. The Morgan fingerprint density at radius 3 is 0.738 bits per heavy atom. The maximum atomic E-state index is 12.0. The first-order valence-electron chi connectivity index (χ1n) is 37.4. The molecule has 632 valence electrons. The van der Waals surface area contributed by atoms with E-state index in [1.165, 1.54) is 28.5 Å². The van der Waals surface area contributed by atoms with E-state index in [-0.39, 0.29) is 24.0 Å². The third kappa shape index (κ3) is 85.6. The lowest BCUT2D eigenvalue weighted by molar-refractivity contribution is -0.123. The summed E-state index contributed by atoms with van der Waals surface area (Å²) in [4.78, 5) is 35.0. The van der Waals surface area contributed by atoms with E-state index in [1.54, 1.807) is 4.68 Å². The Bertz CT molecular complexity index is 1970. The normalized spacial score (nSPS) is 12.0. The van der Waals surface area contributed by atoms with Crippen LogP contribution in [0.2, 0.25) is 0 Å². The topological polar surface area (TPSA) is 381 Å². The van der Waals surface area contributed by atoms with Crippen molar-refractivity contribution in [3.05, 3.63) is 11.9 Å². The van der Waals surface area contributed by atoms with E-state index in [0.29, 0.717) is 394 Å². The zero-order valence-electron chi connectivity index (χ0n) is 64.3. The average molecular weight is 1590 g/mol. The summed E-state index contributed by atoms with van der Waals surface area (Å²) < 4.78 is 151. The number of Topliss-reactive ketones (excluding diaryl/α,β-unsaturated/α-hetero) is 1. The molecule has 1 heterocycles. The highest BCUT2D eigenvalue weighted by Gasteiger charge is 2.10. The molecule has 38 heteroatoms. The van der Waals surface area contributed by atoms with Gasteiger partial charge in [0.05, 0.1) is 375 Å². The van der Waals surface area contributed by atoms with Crippen LogP contribution in [0.5, 0.6) is 0 Å². The molecule has 1 atom stereocenters. The van der Waals surface area contributed by atoms with E-state index in [9.17, 15) is 14.4 Å². The van der Waals surface area contributed by atoms with Gasteiger partial charge in [0.15, 0.2) is 0 Å². The number of rotatable bonds is 94. The van der Waals surface area contributed by atoms with Crippen LogP contribution in [0.3, 0.4) is 0 Å². The minimum atomic E-state index is -0.455. The Morgan fingerprint density at radius 2 is 0.523 bits per heavy atom. The molecule has 0 aliphatic heterocycles. The van der Waals surface area contributed by atoms with E-state index >= 15 is 0 Å². The minimum Gasteiger partial charge on any atom is -0.379 e. The maximum absolute atomic E-state index is 12.0. The van der Waals surface area contributed by atoms with E-state index in [0.717, 1.165) is 5.69 Å². The van der Waals surface area contributed by atoms with Gasteiger partial charge in [0, 0.05) is 43.6 Å². The molecule has 4 N–H and O–H groups in total. The van der Waals surface area contributed by atoms with Crippen LogP contribution in [0.1, 0.15) is 25.5 Å². The van der Waals surface area contributed by atoms with Gasteiger partial charge in [0.1, 0.15) is 5.78 Å². The van der Waals surface area contributed by atoms with E-state index in [1.807, 2.05) is 13.1 Å². The second-order valence-electron chi connectivity index (χ2n) is 22.2. The van der Waals surface area contributed by atoms with E-state index < -0.39 is 6.04 Å². The van der Waals surface area contributed by atoms with Gasteiger partial charge in [-0.15, -0.1) is 5.10 Å². The second kappa shape index (κ2) is 88.9. The largest absolute Gasteiger partial charge is 0.379 e. The second-order valence-corrected chi connectivity index (χ2v) is 24.8. The molecule has 0 saturated heterocycles. The number of hydrogen-bond acceptors (Lipinski definition) is 35. The molecule has 0 aromatic carbocycles. The number of aromatic nitrogens is 3. The fraction of sp³-hybridized carbons (Fsp3) is 0.928. The number of nitrogens with two attached hydrogens (primary N) is 1. The van der Waals surface area contributed by atoms with Crippen LogP contribution in [-0.2, 0) is 149 Å². The Hall–Kier alpha value is -2.67. The van der Waals surface area contributed by atoms with E-state index in [2.05, 4.69) is 20.9 Å². The van der Waals surface area contributed by atoms with Gasteiger partial charge in [0.25, 0.3) is 0 Å². The van der Waals surface area contributed by atoms with Crippen molar-refractivity contribution in [2.75, 3.05) is 381 Å². The molecule has 0 unspecified atom stereocenters. The van der Waals surface area contributed by atoms with Gasteiger partial charge in [0.2, 0.25) is 11.8 Å². The van der Waals surface area contributed by atoms with Crippen molar-refractivity contribution in [3.63, 3.8) is 0 Å². The van der Waals surface area contributed by atoms with Gasteiger partial charge >= 0.3 is 0 Å². The van der Waals surface area contributed by atoms with Crippen molar-refractivity contribution in [2.24, 2.45) is 5.73 Å². The molecule has 0 aliphatic carbocycles. The minimum absolute atomic E-state index is 0.0338. The van der Waals surface area contributed by atoms with Crippen LogP contribution in [0.15, 0.2) is 6.20 Å². The summed E-state index contributed by atoms with van der Waals surface area (Å²) in [6, 6.07) is -0.455. The lowest BCUT2D eigenvalue weighted by atomic mass is 10.3. The van der Waals surface area contributed by atoms with Gasteiger partial charge in [-0.2, -0.15) is 0 Å². The van der Waals surface area contributed by atoms with Crippen LogP contribution in [0.4, 0.5) is 0 Å². The predicted molar refractivity (Wildman–Crippen MR) is 396 cm³/mol. The number of ether oxygens (including phenoxy) is 27. The summed E-state index contributed by atoms with van der Waals surface area (Å²) in [5.74, 6) is 1.03. The summed E-state index contributed by atoms with van der Waals surface area (Å²) in [6.07, 6.45) is 2.53. The van der Waals surface area contributed by atoms with Gasteiger partial charge in [-0.3, -0.25) is 14.4 Å². The van der Waals surface area contributed by atoms with Crippen molar-refractivity contribution >= 4 is 39.2 Å². The molecule has 0 fully saturated rings. The van der Waals surface area contributed by atoms with Gasteiger partial charge in [-0.25, -0.2) is 4.68 Å². The molecule has 2 amide bonds. The Morgan fingerprint density at radius 1 is 0.318 bits per heavy atom. The lowest BCUT2D eigenvalue weighted by Crippen LogP contribution is -2.30. The smallest absolute Gasteiger partial charge is 0.222 e. The molecule has 0 saturated carbocycles. The standard InChI is InChI=1S/C69H134N6O30S2/c1-65-63-75(74-73-65)7-11-82-15-19-84-17-13-80-9-5-71-68(77)3-8-79-12-16-83-20-22-86-24-26-88-28-30-90-32-34-92-36-38-94-40-42-96-44-46-98-48-50-100-52-54-102-56-58-104-60-61-105-59-57-103-55-53-101-51-49-99-47-45-97-43-41-95-39-37-93-35-33-91-31-29-89-27-25-87-23-21-85-18-14-81-10-6-72-69(78)4-62-106-107-64-67(70)66(2)76/h63,67H,3-62,64,70H2,1-2H3,(H,71,77)(H,72,78)/t67-/m0/s1. The van der Waals surface area contributed by atoms with Gasteiger partial charge < -0.3 is 144 Å². The molecule has 0 spiro atoms. The average Bonchev–Trinajstić information content (AvgIpc) is 1.81. The van der Waals surface area contributed by atoms with Crippen molar-refractivity contribution in [2.45, 2.75) is 39.3 Å². The summed E-state index contributed by atoms with van der Waals surface area (Å²) in [6.45, 7) is 29.8. The molecule has 1 rings (SSSR count). The third-order valence-corrected chi connectivity index (χ3v) is 15.7. The number of nitrogens with one attached hydrogen (secondary N) is 2.